The van der Waals surface area contributed by atoms with Gasteiger partial charge in [0.15, 0.2) is 6.61 Å². The van der Waals surface area contributed by atoms with Gasteiger partial charge in [0.1, 0.15) is 12.3 Å². The number of nitrogens with two attached hydrogens (primary N) is 1. The lowest BCUT2D eigenvalue weighted by Crippen LogP contribution is -2.44. The summed E-state index contributed by atoms with van der Waals surface area (Å²) in [6.45, 7) is 0.781. The predicted octanol–water partition coefficient (Wildman–Crippen LogP) is 1.60. The Labute approximate surface area is 166 Å². The Morgan fingerprint density at radius 1 is 1.14 bits per heavy atom. The van der Waals surface area contributed by atoms with E-state index in [0.717, 1.165) is 35.9 Å². The van der Waals surface area contributed by atoms with Crippen LogP contribution >= 0.6 is 11.8 Å². The second kappa shape index (κ2) is 8.92. The van der Waals surface area contributed by atoms with Gasteiger partial charge in [0, 0.05) is 18.7 Å². The van der Waals surface area contributed by atoms with Crippen LogP contribution in [-0.2, 0) is 14.4 Å². The number of ether oxygens (including phenoxy) is 1. The molecule has 0 bridgehead atoms. The van der Waals surface area contributed by atoms with Crippen LogP contribution in [0.15, 0.2) is 29.2 Å². The van der Waals surface area contributed by atoms with E-state index >= 15 is 0 Å². The van der Waals surface area contributed by atoms with Crippen molar-refractivity contribution in [1.29, 1.82) is 0 Å². The molecule has 0 saturated carbocycles. The molecule has 2 heterocycles. The van der Waals surface area contributed by atoms with E-state index in [-0.39, 0.29) is 24.0 Å². The van der Waals surface area contributed by atoms with E-state index in [1.165, 1.54) is 6.08 Å². The number of carbonyl (C=O) groups excluding carboxylic acids is 4. The molecule has 0 radical (unpaired) electrons. The number of hydrogen-bond acceptors (Lipinski definition) is 6. The summed E-state index contributed by atoms with van der Waals surface area (Å²) in [5.41, 5.74) is 5.63. The number of para-hydroxylation sites is 1. The van der Waals surface area contributed by atoms with E-state index in [4.69, 9.17) is 10.5 Å². The van der Waals surface area contributed by atoms with Crippen LogP contribution in [0.3, 0.4) is 0 Å². The number of likely N-dealkylation sites (tertiary alicyclic amines) is 1. The fraction of sp³-hybridized carbons (Fsp3) is 0.368. The fourth-order valence-corrected chi connectivity index (χ4v) is 3.87. The van der Waals surface area contributed by atoms with E-state index in [2.05, 4.69) is 0 Å². The highest BCUT2D eigenvalue weighted by molar-refractivity contribution is 8.18. The number of thioether (sulfide) groups is 1. The molecule has 0 spiro atoms. The van der Waals surface area contributed by atoms with E-state index in [1.807, 2.05) is 0 Å². The third-order valence-electron chi connectivity index (χ3n) is 4.45. The van der Waals surface area contributed by atoms with Crippen LogP contribution in [0.25, 0.3) is 6.08 Å². The molecule has 0 aliphatic carbocycles. The van der Waals surface area contributed by atoms with Gasteiger partial charge in [0.2, 0.25) is 5.91 Å². The second-order valence-corrected chi connectivity index (χ2v) is 7.50. The maximum absolute atomic E-state index is 12.6. The van der Waals surface area contributed by atoms with Crippen LogP contribution in [0, 0.1) is 0 Å². The van der Waals surface area contributed by atoms with E-state index in [9.17, 15) is 19.2 Å². The molecule has 2 N–H and O–H groups in total. The van der Waals surface area contributed by atoms with Crippen LogP contribution < -0.4 is 10.5 Å². The highest BCUT2D eigenvalue weighted by atomic mass is 32.2. The Kier molecular flexibility index (Phi) is 6.35. The monoisotopic (exact) mass is 403 g/mol. The van der Waals surface area contributed by atoms with Crippen molar-refractivity contribution in [2.75, 3.05) is 26.2 Å². The van der Waals surface area contributed by atoms with Crippen LogP contribution in [0.2, 0.25) is 0 Å². The molecule has 1 aromatic rings. The van der Waals surface area contributed by atoms with Gasteiger partial charge in [-0.15, -0.1) is 0 Å². The minimum atomic E-state index is -0.619. The summed E-state index contributed by atoms with van der Waals surface area (Å²) in [4.78, 5) is 51.1. The molecule has 3 rings (SSSR count). The van der Waals surface area contributed by atoms with Gasteiger partial charge < -0.3 is 15.4 Å². The number of primary amides is 1. The summed E-state index contributed by atoms with van der Waals surface area (Å²) >= 11 is 0.779. The molecular formula is C19H21N3O5S. The molecule has 2 fully saturated rings. The number of imide groups is 1. The van der Waals surface area contributed by atoms with Gasteiger partial charge in [-0.1, -0.05) is 18.2 Å². The van der Waals surface area contributed by atoms with Gasteiger partial charge in [-0.05, 0) is 43.2 Å². The average Bonchev–Trinajstić information content (AvgIpc) is 2.95. The zero-order chi connectivity index (χ0) is 20.1. The first-order valence-electron chi connectivity index (χ1n) is 8.99. The first-order valence-corrected chi connectivity index (χ1v) is 9.80. The van der Waals surface area contributed by atoms with Crippen molar-refractivity contribution in [2.24, 2.45) is 5.73 Å². The number of piperidine rings is 1. The van der Waals surface area contributed by atoms with Crippen molar-refractivity contribution in [3.63, 3.8) is 0 Å². The number of nitrogens with zero attached hydrogens (tertiary/aromatic N) is 2. The number of benzene rings is 1. The highest BCUT2D eigenvalue weighted by Crippen LogP contribution is 2.34. The summed E-state index contributed by atoms with van der Waals surface area (Å²) in [6.07, 6.45) is 4.49. The van der Waals surface area contributed by atoms with Crippen molar-refractivity contribution in [3.05, 3.63) is 34.7 Å². The third-order valence-corrected chi connectivity index (χ3v) is 5.36. The Morgan fingerprint density at radius 2 is 1.86 bits per heavy atom. The molecule has 0 atom stereocenters. The van der Waals surface area contributed by atoms with Gasteiger partial charge >= 0.3 is 0 Å². The third kappa shape index (κ3) is 4.72. The SMILES string of the molecule is NC(=O)COc1ccccc1/C=C1/SC(=O)N(CC(=O)N2CCCCC2)C1=O. The summed E-state index contributed by atoms with van der Waals surface area (Å²) in [7, 11) is 0. The summed E-state index contributed by atoms with van der Waals surface area (Å²) < 4.78 is 5.34. The van der Waals surface area contributed by atoms with Crippen molar-refractivity contribution in [3.8, 4) is 5.75 Å². The lowest BCUT2D eigenvalue weighted by atomic mass is 10.1. The maximum atomic E-state index is 12.6. The Hall–Kier alpha value is -2.81. The maximum Gasteiger partial charge on any atom is 0.294 e. The molecule has 2 aliphatic rings. The molecule has 28 heavy (non-hydrogen) atoms. The zero-order valence-electron chi connectivity index (χ0n) is 15.3. The molecule has 8 nitrogen and oxygen atoms in total. The highest BCUT2D eigenvalue weighted by Gasteiger charge is 2.37. The quantitative estimate of drug-likeness (QED) is 0.723. The molecule has 0 unspecified atom stereocenters. The van der Waals surface area contributed by atoms with Gasteiger partial charge in [0.25, 0.3) is 17.1 Å². The first-order chi connectivity index (χ1) is 13.5. The molecule has 148 valence electrons. The zero-order valence-corrected chi connectivity index (χ0v) is 16.1. The van der Waals surface area contributed by atoms with Crippen molar-refractivity contribution >= 4 is 40.8 Å². The lowest BCUT2D eigenvalue weighted by Gasteiger charge is -2.27. The second-order valence-electron chi connectivity index (χ2n) is 6.50. The van der Waals surface area contributed by atoms with Crippen molar-refractivity contribution in [2.45, 2.75) is 19.3 Å². The minimum Gasteiger partial charge on any atom is -0.483 e. The van der Waals surface area contributed by atoms with Crippen molar-refractivity contribution in [1.82, 2.24) is 9.80 Å². The topological polar surface area (TPSA) is 110 Å². The predicted molar refractivity (Wildman–Crippen MR) is 104 cm³/mol. The summed E-state index contributed by atoms with van der Waals surface area (Å²) in [6, 6.07) is 6.80. The molecule has 2 saturated heterocycles. The van der Waals surface area contributed by atoms with E-state index < -0.39 is 17.1 Å². The van der Waals surface area contributed by atoms with E-state index in [1.54, 1.807) is 29.2 Å². The van der Waals surface area contributed by atoms with Gasteiger partial charge in [-0.25, -0.2) is 0 Å². The number of hydrogen-bond donors (Lipinski definition) is 1. The molecule has 9 heteroatoms. The Balaban J connectivity index is 1.72. The minimum absolute atomic E-state index is 0.201. The molecular weight excluding hydrogens is 382 g/mol. The van der Waals surface area contributed by atoms with Crippen LogP contribution in [0.4, 0.5) is 4.79 Å². The fourth-order valence-electron chi connectivity index (χ4n) is 3.04. The van der Waals surface area contributed by atoms with Crippen LogP contribution in [-0.4, -0.2) is 59.0 Å². The van der Waals surface area contributed by atoms with Crippen LogP contribution in [0.1, 0.15) is 24.8 Å². The smallest absolute Gasteiger partial charge is 0.294 e. The van der Waals surface area contributed by atoms with E-state index in [0.29, 0.717) is 24.4 Å². The number of rotatable bonds is 6. The summed E-state index contributed by atoms with van der Waals surface area (Å²) in [5.74, 6) is -0.970. The average molecular weight is 403 g/mol. The molecule has 1 aromatic carbocycles. The molecule has 2 aliphatic heterocycles. The number of carbonyl (C=O) groups is 4. The number of amides is 4. The van der Waals surface area contributed by atoms with Crippen LogP contribution in [0.5, 0.6) is 5.75 Å². The Morgan fingerprint density at radius 3 is 2.57 bits per heavy atom. The summed E-state index contributed by atoms with van der Waals surface area (Å²) in [5, 5.41) is -0.475. The largest absolute Gasteiger partial charge is 0.483 e. The normalized spacial score (nSPS) is 18.6. The lowest BCUT2D eigenvalue weighted by molar-refractivity contribution is -0.136. The standard InChI is InChI=1S/C19H21N3O5S/c20-16(23)12-27-14-7-3-2-6-13(14)10-15-18(25)22(19(26)28-15)11-17(24)21-8-4-1-5-9-21/h2-3,6-7,10H,1,4-5,8-9,11-12H2,(H2,20,23)/b15-10+. The molecule has 0 aromatic heterocycles. The van der Waals surface area contributed by atoms with Gasteiger partial charge in [-0.3, -0.25) is 24.1 Å². The molecule has 4 amide bonds. The first kappa shape index (κ1) is 19.9. The van der Waals surface area contributed by atoms with Gasteiger partial charge in [0.05, 0.1) is 4.91 Å². The van der Waals surface area contributed by atoms with Gasteiger partial charge in [-0.2, -0.15) is 0 Å². The Bertz CT molecular complexity index is 833. The van der Waals surface area contributed by atoms with Crippen molar-refractivity contribution < 1.29 is 23.9 Å².